The van der Waals surface area contributed by atoms with Gasteiger partial charge in [-0.1, -0.05) is 90.4 Å². The fourth-order valence-corrected chi connectivity index (χ4v) is 5.10. The van der Waals surface area contributed by atoms with Crippen molar-refractivity contribution in [3.05, 3.63) is 33.1 Å². The Balaban J connectivity index is 1.71. The molecule has 206 valence electrons. The molecule has 2 heterocycles. The first kappa shape index (κ1) is 30.8. The van der Waals surface area contributed by atoms with Gasteiger partial charge in [-0.2, -0.15) is 0 Å². The van der Waals surface area contributed by atoms with Gasteiger partial charge in [0.05, 0.1) is 6.61 Å². The lowest BCUT2D eigenvalue weighted by Crippen LogP contribution is -2.40. The fourth-order valence-electron chi connectivity index (χ4n) is 4.63. The van der Waals surface area contributed by atoms with E-state index in [1.165, 1.54) is 82.9 Å². The topological polar surface area (TPSA) is 140 Å². The number of nitrogens with one attached hydrogen (secondary N) is 1. The number of nitrogens with zero attached hydrogens (tertiary/aromatic N) is 1. The van der Waals surface area contributed by atoms with Crippen LogP contribution >= 0.6 is 8.25 Å². The van der Waals surface area contributed by atoms with Gasteiger partial charge in [0, 0.05) is 23.4 Å². The normalized spacial score (nSPS) is 22.2. The van der Waals surface area contributed by atoms with Crippen molar-refractivity contribution in [3.63, 3.8) is 0 Å². The summed E-state index contributed by atoms with van der Waals surface area (Å²) < 4.78 is 29.2. The molecular formula is C25H44N2O8P+. The van der Waals surface area contributed by atoms with Crippen LogP contribution in [-0.4, -0.2) is 51.1 Å². The van der Waals surface area contributed by atoms with Crippen LogP contribution in [0.15, 0.2) is 21.9 Å². The highest BCUT2D eigenvalue weighted by Crippen LogP contribution is 2.37. The van der Waals surface area contributed by atoms with Crippen LogP contribution in [0.5, 0.6) is 0 Å². The van der Waals surface area contributed by atoms with Crippen molar-refractivity contribution in [3.8, 4) is 0 Å². The zero-order chi connectivity index (χ0) is 26.2. The highest BCUT2D eigenvalue weighted by Gasteiger charge is 2.51. The molecule has 36 heavy (non-hydrogen) atoms. The van der Waals surface area contributed by atoms with Gasteiger partial charge in [-0.3, -0.25) is 14.3 Å². The van der Waals surface area contributed by atoms with Crippen molar-refractivity contribution in [2.24, 2.45) is 0 Å². The molecule has 0 aliphatic carbocycles. The lowest BCUT2D eigenvalue weighted by molar-refractivity contribution is -0.0744. The summed E-state index contributed by atoms with van der Waals surface area (Å²) in [6, 6.07) is 1.17. The number of unbranched alkanes of at least 4 members (excludes halogenated alkanes) is 13. The third kappa shape index (κ3) is 10.9. The monoisotopic (exact) mass is 531 g/mol. The van der Waals surface area contributed by atoms with Gasteiger partial charge in [0.15, 0.2) is 12.3 Å². The molecule has 10 nitrogen and oxygen atoms in total. The Labute approximate surface area is 214 Å². The van der Waals surface area contributed by atoms with E-state index in [4.69, 9.17) is 14.0 Å². The predicted molar refractivity (Wildman–Crippen MR) is 137 cm³/mol. The second-order valence-electron chi connectivity index (χ2n) is 9.50. The molecule has 0 amide bonds. The van der Waals surface area contributed by atoms with Crippen LogP contribution < -0.4 is 11.2 Å². The number of H-pyrrole nitrogens is 1. The summed E-state index contributed by atoms with van der Waals surface area (Å²) in [5.74, 6) is 0. The highest BCUT2D eigenvalue weighted by molar-refractivity contribution is 7.32. The first-order chi connectivity index (χ1) is 17.5. The number of aliphatic hydroxyl groups is 1. The van der Waals surface area contributed by atoms with E-state index in [1.807, 2.05) is 0 Å². The van der Waals surface area contributed by atoms with Crippen molar-refractivity contribution >= 4 is 8.25 Å². The van der Waals surface area contributed by atoms with E-state index < -0.39 is 50.7 Å². The maximum absolute atomic E-state index is 12.3. The summed E-state index contributed by atoms with van der Waals surface area (Å²) in [7, 11) is -2.98. The Morgan fingerprint density at radius 2 is 1.50 bits per heavy atom. The van der Waals surface area contributed by atoms with E-state index in [0.717, 1.165) is 23.8 Å². The quantitative estimate of drug-likeness (QED) is 0.167. The SMILES string of the molecule is CCCCCCCCCCCCCCCCOC1[C@@H](O[P+](=O)O)[C@@H](CO)O[C@H]1n1ccc(=O)[nH]c1=O. The van der Waals surface area contributed by atoms with Crippen LogP contribution in [0.2, 0.25) is 0 Å². The predicted octanol–water partition coefficient (Wildman–Crippen LogP) is 4.33. The van der Waals surface area contributed by atoms with Gasteiger partial charge >= 0.3 is 13.9 Å². The molecule has 11 heteroatoms. The van der Waals surface area contributed by atoms with Crippen LogP contribution in [-0.2, 0) is 18.6 Å². The number of aromatic amines is 1. The van der Waals surface area contributed by atoms with E-state index in [9.17, 15) is 24.2 Å². The standard InChI is InChI=1S/C25H43N2O8P/c1-2-3-4-5-6-7-8-9-10-11-12-13-14-15-18-33-23-22(35-36(31)32)20(19-28)34-24(23)27-17-16-21(29)26-25(27)30/h16-17,20,22-24,28H,2-15,18-19H2,1H3,(H-,26,29,30,31,32)/p+1/t20-,22+,23?,24-/m1/s1. The van der Waals surface area contributed by atoms with Gasteiger partial charge in [-0.25, -0.2) is 4.79 Å². The number of rotatable bonds is 20. The van der Waals surface area contributed by atoms with Gasteiger partial charge in [-0.05, 0) is 6.42 Å². The van der Waals surface area contributed by atoms with Crippen LogP contribution in [0.25, 0.3) is 0 Å². The maximum atomic E-state index is 12.3. The van der Waals surface area contributed by atoms with Crippen molar-refractivity contribution in [1.29, 1.82) is 0 Å². The molecule has 1 aliphatic heterocycles. The van der Waals surface area contributed by atoms with Crippen LogP contribution in [0.4, 0.5) is 0 Å². The average Bonchev–Trinajstić information content (AvgIpc) is 3.17. The number of hydrogen-bond donors (Lipinski definition) is 3. The largest absolute Gasteiger partial charge is 0.695 e. The third-order valence-corrected chi connectivity index (χ3v) is 7.03. The Morgan fingerprint density at radius 3 is 2.00 bits per heavy atom. The van der Waals surface area contributed by atoms with Gasteiger partial charge in [0.25, 0.3) is 5.56 Å². The van der Waals surface area contributed by atoms with Gasteiger partial charge in [0.2, 0.25) is 0 Å². The molecule has 5 atom stereocenters. The van der Waals surface area contributed by atoms with E-state index >= 15 is 0 Å². The maximum Gasteiger partial charge on any atom is 0.695 e. The summed E-state index contributed by atoms with van der Waals surface area (Å²) in [5, 5.41) is 9.67. The van der Waals surface area contributed by atoms with Gasteiger partial charge in [0.1, 0.15) is 12.2 Å². The van der Waals surface area contributed by atoms with Crippen molar-refractivity contribution < 1.29 is 28.6 Å². The summed E-state index contributed by atoms with van der Waals surface area (Å²) in [5.41, 5.74) is -1.26. The minimum Gasteiger partial charge on any atom is -0.394 e. The Bertz CT molecular complexity index is 861. The Hall–Kier alpha value is -1.42. The molecule has 1 saturated heterocycles. The number of aromatic nitrogens is 2. The summed E-state index contributed by atoms with van der Waals surface area (Å²) in [6.07, 6.45) is 14.7. The molecule has 3 N–H and O–H groups in total. The Morgan fingerprint density at radius 1 is 0.944 bits per heavy atom. The van der Waals surface area contributed by atoms with E-state index in [1.54, 1.807) is 0 Å². The van der Waals surface area contributed by atoms with Crippen molar-refractivity contribution in [1.82, 2.24) is 9.55 Å². The first-order valence-electron chi connectivity index (χ1n) is 13.5. The Kier molecular flexibility index (Phi) is 15.3. The molecule has 1 aliphatic rings. The van der Waals surface area contributed by atoms with E-state index in [2.05, 4.69) is 11.9 Å². The third-order valence-electron chi connectivity index (χ3n) is 6.61. The van der Waals surface area contributed by atoms with Crippen LogP contribution in [0, 0.1) is 0 Å². The summed E-state index contributed by atoms with van der Waals surface area (Å²) >= 11 is 0. The minimum atomic E-state index is -2.98. The molecule has 0 radical (unpaired) electrons. The molecule has 1 aromatic heterocycles. The number of aliphatic hydroxyl groups excluding tert-OH is 1. The molecule has 2 rings (SSSR count). The van der Waals surface area contributed by atoms with Gasteiger partial charge in [-0.15, -0.1) is 9.42 Å². The summed E-state index contributed by atoms with van der Waals surface area (Å²) in [4.78, 5) is 35.1. The molecule has 0 bridgehead atoms. The summed E-state index contributed by atoms with van der Waals surface area (Å²) in [6.45, 7) is 2.11. The van der Waals surface area contributed by atoms with Crippen molar-refractivity contribution in [2.45, 2.75) is 121 Å². The molecule has 1 fully saturated rings. The minimum absolute atomic E-state index is 0.348. The zero-order valence-electron chi connectivity index (χ0n) is 21.5. The highest BCUT2D eigenvalue weighted by atomic mass is 31.1. The van der Waals surface area contributed by atoms with Crippen LogP contribution in [0.1, 0.15) is 103 Å². The molecule has 0 spiro atoms. The zero-order valence-corrected chi connectivity index (χ0v) is 22.4. The fraction of sp³-hybridized carbons (Fsp3) is 0.840. The van der Waals surface area contributed by atoms with E-state index in [0.29, 0.717) is 6.61 Å². The lowest BCUT2D eigenvalue weighted by atomic mass is 10.0. The molecule has 1 aromatic rings. The lowest BCUT2D eigenvalue weighted by Gasteiger charge is -2.22. The molecule has 0 aromatic carbocycles. The van der Waals surface area contributed by atoms with Gasteiger partial charge < -0.3 is 14.6 Å². The number of hydrogen-bond acceptors (Lipinski definition) is 7. The number of ether oxygens (including phenoxy) is 2. The second-order valence-corrected chi connectivity index (χ2v) is 10.2. The molecule has 0 saturated carbocycles. The van der Waals surface area contributed by atoms with E-state index in [-0.39, 0.29) is 0 Å². The van der Waals surface area contributed by atoms with Crippen molar-refractivity contribution in [2.75, 3.05) is 13.2 Å². The first-order valence-corrected chi connectivity index (χ1v) is 14.6. The average molecular weight is 532 g/mol. The van der Waals surface area contributed by atoms with Crippen LogP contribution in [0.3, 0.4) is 0 Å². The molecular weight excluding hydrogens is 487 g/mol. The second kappa shape index (κ2) is 17.9. The smallest absolute Gasteiger partial charge is 0.394 e. The molecule has 2 unspecified atom stereocenters.